The van der Waals surface area contributed by atoms with Gasteiger partial charge in [-0.1, -0.05) is 18.2 Å². The minimum atomic E-state index is -4.96. The second-order valence-corrected chi connectivity index (χ2v) is 8.06. The summed E-state index contributed by atoms with van der Waals surface area (Å²) in [5.41, 5.74) is 0. The van der Waals surface area contributed by atoms with Gasteiger partial charge in [0.2, 0.25) is 34.8 Å². The fourth-order valence-electron chi connectivity index (χ4n) is 2.34. The Morgan fingerprint density at radius 1 is 0.938 bits per heavy atom. The first kappa shape index (κ1) is 25.6. The number of rotatable bonds is 10. The molecule has 32 heavy (non-hydrogen) atoms. The zero-order chi connectivity index (χ0) is 24.1. The molecule has 0 radical (unpaired) electrons. The molecule has 2 rings (SSSR count). The number of carbonyl (C=O) groups excluding carboxylic acids is 1. The van der Waals surface area contributed by atoms with Crippen molar-refractivity contribution in [1.29, 1.82) is 0 Å². The lowest BCUT2D eigenvalue weighted by atomic mass is 10.3. The predicted molar refractivity (Wildman–Crippen MR) is 102 cm³/mol. The third kappa shape index (κ3) is 6.18. The molecule has 13 heteroatoms. The van der Waals surface area contributed by atoms with Crippen molar-refractivity contribution >= 4 is 13.7 Å². The molecule has 2 aromatic rings. The Kier molecular flexibility index (Phi) is 8.59. The Labute approximate surface area is 180 Å². The van der Waals surface area contributed by atoms with E-state index in [1.807, 2.05) is 0 Å². The van der Waals surface area contributed by atoms with E-state index in [2.05, 4.69) is 9.61 Å². The molecule has 1 unspecified atom stereocenters. The van der Waals surface area contributed by atoms with E-state index in [-0.39, 0.29) is 12.4 Å². The molecule has 0 aromatic heterocycles. The van der Waals surface area contributed by atoms with Crippen molar-refractivity contribution in [1.82, 2.24) is 5.09 Å². The van der Waals surface area contributed by atoms with Gasteiger partial charge in [0.15, 0.2) is 0 Å². The van der Waals surface area contributed by atoms with Crippen LogP contribution in [0.5, 0.6) is 11.5 Å². The standard InChI is InChI=1S/C19H19F5NO6P/c1-10(9-28-3)29-19(26)11(2)25-32(27,30-12-7-5-4-6-8-12)31-18-16(23)14(21)13(20)15(22)17(18)24/h4-8,10-11H,9H2,1-3H3,(H,25,27)/t10-,11-,32?/m0/s1. The third-order valence-electron chi connectivity index (χ3n) is 3.77. The molecule has 0 saturated carbocycles. The Bertz CT molecular complexity index is 980. The van der Waals surface area contributed by atoms with Crippen LogP contribution >= 0.6 is 7.75 Å². The summed E-state index contributed by atoms with van der Waals surface area (Å²) < 4.78 is 101. The molecule has 7 nitrogen and oxygen atoms in total. The van der Waals surface area contributed by atoms with E-state index in [1.165, 1.54) is 38.3 Å². The normalized spacial score (nSPS) is 14.9. The molecule has 0 aliphatic rings. The molecule has 2 aromatic carbocycles. The van der Waals surface area contributed by atoms with Crippen LogP contribution in [0, 0.1) is 29.1 Å². The number of methoxy groups -OCH3 is 1. The van der Waals surface area contributed by atoms with Gasteiger partial charge in [0.05, 0.1) is 6.61 Å². The highest BCUT2D eigenvalue weighted by Crippen LogP contribution is 2.47. The van der Waals surface area contributed by atoms with Crippen molar-refractivity contribution in [3.8, 4) is 11.5 Å². The molecule has 0 aliphatic heterocycles. The number of esters is 1. The summed E-state index contributed by atoms with van der Waals surface area (Å²) in [5.74, 6) is -14.8. The molecule has 3 atom stereocenters. The van der Waals surface area contributed by atoms with E-state index in [4.69, 9.17) is 14.0 Å². The number of hydrogen-bond acceptors (Lipinski definition) is 6. The Morgan fingerprint density at radius 2 is 1.47 bits per heavy atom. The Balaban J connectivity index is 2.39. The lowest BCUT2D eigenvalue weighted by molar-refractivity contribution is -0.152. The van der Waals surface area contributed by atoms with Gasteiger partial charge in [-0.15, -0.1) is 0 Å². The zero-order valence-corrected chi connectivity index (χ0v) is 17.9. The van der Waals surface area contributed by atoms with Crippen molar-refractivity contribution in [3.63, 3.8) is 0 Å². The van der Waals surface area contributed by atoms with Crippen LogP contribution in [0.25, 0.3) is 0 Å². The molecule has 0 spiro atoms. The van der Waals surface area contributed by atoms with E-state index in [0.29, 0.717) is 0 Å². The largest absolute Gasteiger partial charge is 0.513 e. The van der Waals surface area contributed by atoms with Crippen molar-refractivity contribution in [3.05, 3.63) is 59.4 Å². The molecule has 0 amide bonds. The number of halogens is 5. The second kappa shape index (κ2) is 10.8. The van der Waals surface area contributed by atoms with Gasteiger partial charge >= 0.3 is 13.7 Å². The maximum absolute atomic E-state index is 14.1. The minimum Gasteiger partial charge on any atom is -0.459 e. The van der Waals surface area contributed by atoms with E-state index in [9.17, 15) is 31.3 Å². The number of ether oxygens (including phenoxy) is 2. The van der Waals surface area contributed by atoms with E-state index >= 15 is 0 Å². The highest BCUT2D eigenvalue weighted by atomic mass is 31.2. The first-order chi connectivity index (χ1) is 15.0. The van der Waals surface area contributed by atoms with Crippen LogP contribution in [0.1, 0.15) is 13.8 Å². The highest BCUT2D eigenvalue weighted by Gasteiger charge is 2.38. The topological polar surface area (TPSA) is 83.1 Å². The molecule has 0 heterocycles. The number of nitrogens with one attached hydrogen (secondary N) is 1. The van der Waals surface area contributed by atoms with Crippen LogP contribution in [-0.4, -0.2) is 31.8 Å². The first-order valence-electron chi connectivity index (χ1n) is 9.02. The SMILES string of the molecule is COC[C@H](C)OC(=O)[C@H](C)NP(=O)(Oc1ccccc1)Oc1c(F)c(F)c(F)c(F)c1F. The maximum atomic E-state index is 14.1. The van der Waals surface area contributed by atoms with Gasteiger partial charge in [-0.3, -0.25) is 4.79 Å². The van der Waals surface area contributed by atoms with Crippen molar-refractivity contribution in [2.45, 2.75) is 26.0 Å². The molecular weight excluding hydrogens is 464 g/mol. The fourth-order valence-corrected chi connectivity index (χ4v) is 3.86. The first-order valence-corrected chi connectivity index (χ1v) is 10.6. The summed E-state index contributed by atoms with van der Waals surface area (Å²) in [7, 11) is -3.59. The highest BCUT2D eigenvalue weighted by molar-refractivity contribution is 7.52. The minimum absolute atomic E-state index is 0.0394. The molecule has 0 bridgehead atoms. The monoisotopic (exact) mass is 483 g/mol. The van der Waals surface area contributed by atoms with Gasteiger partial charge in [-0.25, -0.2) is 17.7 Å². The van der Waals surface area contributed by atoms with Gasteiger partial charge in [0.1, 0.15) is 17.9 Å². The third-order valence-corrected chi connectivity index (χ3v) is 5.35. The zero-order valence-electron chi connectivity index (χ0n) is 17.0. The molecule has 1 N–H and O–H groups in total. The number of carbonyl (C=O) groups is 1. The number of hydrogen-bond donors (Lipinski definition) is 1. The van der Waals surface area contributed by atoms with E-state index in [1.54, 1.807) is 6.07 Å². The van der Waals surface area contributed by atoms with Crippen LogP contribution < -0.4 is 14.1 Å². The van der Waals surface area contributed by atoms with Crippen molar-refractivity contribution in [2.75, 3.05) is 13.7 Å². The Morgan fingerprint density at radius 3 is 2.00 bits per heavy atom. The fraction of sp³-hybridized carbons (Fsp3) is 0.316. The summed E-state index contributed by atoms with van der Waals surface area (Å²) in [6, 6.07) is 5.56. The molecule has 0 saturated heterocycles. The molecule has 0 fully saturated rings. The van der Waals surface area contributed by atoms with Crippen molar-refractivity contribution < 1.29 is 49.8 Å². The van der Waals surface area contributed by atoms with E-state index < -0.39 is 60.7 Å². The van der Waals surface area contributed by atoms with Crippen LogP contribution in [0.2, 0.25) is 0 Å². The van der Waals surface area contributed by atoms with Crippen LogP contribution in [0.4, 0.5) is 22.0 Å². The van der Waals surface area contributed by atoms with Crippen LogP contribution in [0.15, 0.2) is 30.3 Å². The van der Waals surface area contributed by atoms with Gasteiger partial charge < -0.3 is 18.5 Å². The molecule has 0 aliphatic carbocycles. The predicted octanol–water partition coefficient (Wildman–Crippen LogP) is 4.50. The van der Waals surface area contributed by atoms with Crippen LogP contribution in [-0.2, 0) is 18.8 Å². The van der Waals surface area contributed by atoms with Crippen molar-refractivity contribution in [2.24, 2.45) is 0 Å². The summed E-state index contributed by atoms with van der Waals surface area (Å²) in [6.45, 7) is 2.70. The molecule has 176 valence electrons. The van der Waals surface area contributed by atoms with Gasteiger partial charge in [0.25, 0.3) is 0 Å². The average molecular weight is 483 g/mol. The number of benzene rings is 2. The smallest absolute Gasteiger partial charge is 0.459 e. The number of para-hydroxylation sites is 1. The second-order valence-electron chi connectivity index (χ2n) is 6.45. The Hall–Kier alpha value is -2.69. The van der Waals surface area contributed by atoms with Gasteiger partial charge in [-0.05, 0) is 26.0 Å². The maximum Gasteiger partial charge on any atom is 0.513 e. The van der Waals surface area contributed by atoms with Gasteiger partial charge in [0, 0.05) is 7.11 Å². The lowest BCUT2D eigenvalue weighted by Crippen LogP contribution is -2.38. The average Bonchev–Trinajstić information content (AvgIpc) is 2.74. The van der Waals surface area contributed by atoms with E-state index in [0.717, 1.165) is 6.92 Å². The van der Waals surface area contributed by atoms with Gasteiger partial charge in [-0.2, -0.15) is 13.9 Å². The molecular formula is C19H19F5NO6P. The quantitative estimate of drug-likeness (QED) is 0.175. The summed E-state index contributed by atoms with van der Waals surface area (Å²) in [4.78, 5) is 12.2. The summed E-state index contributed by atoms with van der Waals surface area (Å²) in [5, 5.41) is 2.07. The summed E-state index contributed by atoms with van der Waals surface area (Å²) >= 11 is 0. The van der Waals surface area contributed by atoms with Crippen LogP contribution in [0.3, 0.4) is 0 Å². The summed E-state index contributed by atoms with van der Waals surface area (Å²) in [6.07, 6.45) is -0.706. The lowest BCUT2D eigenvalue weighted by Gasteiger charge is -2.24.